The van der Waals surface area contributed by atoms with E-state index in [1.165, 1.54) is 4.88 Å². The Bertz CT molecular complexity index is 734. The van der Waals surface area contributed by atoms with Gasteiger partial charge in [-0.1, -0.05) is 6.92 Å². The Morgan fingerprint density at radius 1 is 1.19 bits per heavy atom. The number of rotatable bonds is 6. The maximum atomic E-state index is 4.60. The highest BCUT2D eigenvalue weighted by Gasteiger charge is 2.09. The van der Waals surface area contributed by atoms with Crippen molar-refractivity contribution in [3.05, 3.63) is 27.5 Å². The van der Waals surface area contributed by atoms with Gasteiger partial charge in [0, 0.05) is 11.4 Å². The van der Waals surface area contributed by atoms with Gasteiger partial charge in [0.2, 0.25) is 5.95 Å². The van der Waals surface area contributed by atoms with E-state index in [0.717, 1.165) is 41.2 Å². The molecule has 0 unspecified atom stereocenters. The number of nitrogens with one attached hydrogen (secondary N) is 2. The molecule has 0 radical (unpaired) electrons. The number of nitrogens with zero attached hydrogens (tertiary/aromatic N) is 3. The van der Waals surface area contributed by atoms with Crippen molar-refractivity contribution < 1.29 is 0 Å². The zero-order valence-electron chi connectivity index (χ0n) is 12.0. The Kier molecular flexibility index (Phi) is 4.31. The molecule has 0 aromatic carbocycles. The van der Waals surface area contributed by atoms with Crippen molar-refractivity contribution in [3.8, 4) is 0 Å². The average molecular weight is 319 g/mol. The van der Waals surface area contributed by atoms with Crippen LogP contribution in [0.5, 0.6) is 0 Å². The Hall–Kier alpha value is -1.73. The van der Waals surface area contributed by atoms with Gasteiger partial charge in [-0.25, -0.2) is 9.97 Å². The van der Waals surface area contributed by atoms with Gasteiger partial charge in [0.1, 0.15) is 10.6 Å². The number of fused-ring (bicyclic) bond motifs is 1. The van der Waals surface area contributed by atoms with Crippen LogP contribution in [-0.4, -0.2) is 21.5 Å². The number of aromatic nitrogens is 3. The summed E-state index contributed by atoms with van der Waals surface area (Å²) in [4.78, 5) is 15.7. The van der Waals surface area contributed by atoms with Gasteiger partial charge >= 0.3 is 0 Å². The van der Waals surface area contributed by atoms with Crippen molar-refractivity contribution in [2.24, 2.45) is 0 Å². The van der Waals surface area contributed by atoms with E-state index >= 15 is 0 Å². The minimum Gasteiger partial charge on any atom is -0.364 e. The number of aryl methyl sites for hydroxylation is 1. The van der Waals surface area contributed by atoms with Crippen LogP contribution in [0.4, 0.5) is 11.8 Å². The highest BCUT2D eigenvalue weighted by atomic mass is 32.1. The van der Waals surface area contributed by atoms with Gasteiger partial charge in [0.25, 0.3) is 0 Å². The fourth-order valence-corrected chi connectivity index (χ4v) is 3.45. The molecule has 0 atom stereocenters. The van der Waals surface area contributed by atoms with E-state index in [0.29, 0.717) is 5.95 Å². The molecular weight excluding hydrogens is 302 g/mol. The van der Waals surface area contributed by atoms with Gasteiger partial charge in [-0.05, 0) is 24.8 Å². The average Bonchev–Trinajstić information content (AvgIpc) is 3.11. The topological polar surface area (TPSA) is 62.7 Å². The molecule has 21 heavy (non-hydrogen) atoms. The van der Waals surface area contributed by atoms with Gasteiger partial charge in [-0.3, -0.25) is 0 Å². The molecule has 0 amide bonds. The van der Waals surface area contributed by atoms with E-state index in [2.05, 4.69) is 38.6 Å². The van der Waals surface area contributed by atoms with E-state index < -0.39 is 0 Å². The smallest absolute Gasteiger partial charge is 0.226 e. The first kappa shape index (κ1) is 14.2. The predicted octanol–water partition coefficient (Wildman–Crippen LogP) is 3.89. The summed E-state index contributed by atoms with van der Waals surface area (Å²) in [6, 6.07) is 2.06. The molecule has 110 valence electrons. The second-order valence-electron chi connectivity index (χ2n) is 4.68. The molecular formula is C14H17N5S2. The van der Waals surface area contributed by atoms with Gasteiger partial charge in [0.15, 0.2) is 0 Å². The lowest BCUT2D eigenvalue weighted by molar-refractivity contribution is 0.956. The molecule has 0 fully saturated rings. The molecule has 0 aliphatic carbocycles. The van der Waals surface area contributed by atoms with E-state index in [1.807, 2.05) is 17.8 Å². The van der Waals surface area contributed by atoms with Crippen LogP contribution in [-0.2, 0) is 6.54 Å². The van der Waals surface area contributed by atoms with Crippen molar-refractivity contribution >= 4 is 44.7 Å². The number of hydrogen-bond acceptors (Lipinski definition) is 7. The summed E-state index contributed by atoms with van der Waals surface area (Å²) in [6.07, 6.45) is 1.05. The first-order chi connectivity index (χ1) is 10.3. The van der Waals surface area contributed by atoms with Crippen molar-refractivity contribution in [1.82, 2.24) is 15.0 Å². The lowest BCUT2D eigenvalue weighted by atomic mass is 10.3. The Morgan fingerprint density at radius 2 is 2.10 bits per heavy atom. The number of thiophene rings is 1. The van der Waals surface area contributed by atoms with Crippen molar-refractivity contribution in [3.63, 3.8) is 0 Å². The second kappa shape index (κ2) is 6.36. The highest BCUT2D eigenvalue weighted by molar-refractivity contribution is 7.16. The molecule has 0 bridgehead atoms. The van der Waals surface area contributed by atoms with E-state index in [9.17, 15) is 0 Å². The van der Waals surface area contributed by atoms with Crippen LogP contribution in [0.2, 0.25) is 0 Å². The van der Waals surface area contributed by atoms with Crippen LogP contribution < -0.4 is 10.6 Å². The minimum atomic E-state index is 0.690. The molecule has 5 nitrogen and oxygen atoms in total. The normalized spacial score (nSPS) is 11.0. The summed E-state index contributed by atoms with van der Waals surface area (Å²) in [5.74, 6) is 1.57. The van der Waals surface area contributed by atoms with Crippen molar-refractivity contribution in [2.75, 3.05) is 17.2 Å². The number of hydrogen-bond donors (Lipinski definition) is 2. The van der Waals surface area contributed by atoms with Crippen LogP contribution in [0.3, 0.4) is 0 Å². The predicted molar refractivity (Wildman–Crippen MR) is 90.4 cm³/mol. The number of thiazole rings is 1. The van der Waals surface area contributed by atoms with Crippen molar-refractivity contribution in [1.29, 1.82) is 0 Å². The SMILES string of the molecule is CCCNc1nc(NCc2scnc2C)c2ccsc2n1. The lowest BCUT2D eigenvalue weighted by Crippen LogP contribution is -2.07. The quantitative estimate of drug-likeness (QED) is 0.721. The molecule has 0 spiro atoms. The summed E-state index contributed by atoms with van der Waals surface area (Å²) >= 11 is 3.30. The highest BCUT2D eigenvalue weighted by Crippen LogP contribution is 2.27. The second-order valence-corrected chi connectivity index (χ2v) is 6.51. The minimum absolute atomic E-state index is 0.690. The standard InChI is InChI=1S/C14H17N5S2/c1-3-5-15-14-18-12(10-4-6-20-13(10)19-14)16-7-11-9(2)17-8-21-11/h4,6,8H,3,5,7H2,1-2H3,(H2,15,16,18,19). The van der Waals surface area contributed by atoms with Crippen LogP contribution in [0, 0.1) is 6.92 Å². The molecule has 0 saturated carbocycles. The number of anilines is 2. The lowest BCUT2D eigenvalue weighted by Gasteiger charge is -2.09. The molecule has 3 rings (SSSR count). The third-order valence-corrected chi connectivity index (χ3v) is 4.86. The van der Waals surface area contributed by atoms with Crippen LogP contribution >= 0.6 is 22.7 Å². The Labute approximate surface area is 131 Å². The first-order valence-electron chi connectivity index (χ1n) is 6.90. The van der Waals surface area contributed by atoms with Gasteiger partial charge in [0.05, 0.1) is 23.1 Å². The third-order valence-electron chi connectivity index (χ3n) is 3.12. The monoisotopic (exact) mass is 319 g/mol. The maximum absolute atomic E-state index is 4.60. The third kappa shape index (κ3) is 3.14. The van der Waals surface area contributed by atoms with Crippen LogP contribution in [0.1, 0.15) is 23.9 Å². The van der Waals surface area contributed by atoms with E-state index in [-0.39, 0.29) is 0 Å². The Balaban J connectivity index is 1.85. The summed E-state index contributed by atoms with van der Waals surface area (Å²) in [6.45, 7) is 5.78. The largest absolute Gasteiger partial charge is 0.364 e. The molecule has 3 aromatic rings. The Morgan fingerprint density at radius 3 is 2.86 bits per heavy atom. The van der Waals surface area contributed by atoms with Crippen LogP contribution in [0.25, 0.3) is 10.2 Å². The van der Waals surface area contributed by atoms with Gasteiger partial charge < -0.3 is 10.6 Å². The summed E-state index contributed by atoms with van der Waals surface area (Å²) in [7, 11) is 0. The van der Waals surface area contributed by atoms with E-state index in [1.54, 1.807) is 22.7 Å². The molecule has 3 heterocycles. The zero-order valence-corrected chi connectivity index (χ0v) is 13.6. The summed E-state index contributed by atoms with van der Waals surface area (Å²) in [5.41, 5.74) is 2.95. The van der Waals surface area contributed by atoms with Crippen LogP contribution in [0.15, 0.2) is 17.0 Å². The van der Waals surface area contributed by atoms with Crippen molar-refractivity contribution in [2.45, 2.75) is 26.8 Å². The molecule has 2 N–H and O–H groups in total. The summed E-state index contributed by atoms with van der Waals surface area (Å²) in [5, 5.41) is 9.80. The molecule has 3 aromatic heterocycles. The summed E-state index contributed by atoms with van der Waals surface area (Å²) < 4.78 is 0. The van der Waals surface area contributed by atoms with E-state index in [4.69, 9.17) is 0 Å². The molecule has 0 aliphatic rings. The molecule has 0 aliphatic heterocycles. The zero-order chi connectivity index (χ0) is 14.7. The maximum Gasteiger partial charge on any atom is 0.226 e. The van der Waals surface area contributed by atoms with Gasteiger partial charge in [-0.15, -0.1) is 22.7 Å². The fraction of sp³-hybridized carbons (Fsp3) is 0.357. The van der Waals surface area contributed by atoms with Gasteiger partial charge in [-0.2, -0.15) is 4.98 Å². The molecule has 7 heteroatoms. The first-order valence-corrected chi connectivity index (χ1v) is 8.65. The molecule has 0 saturated heterocycles. The fourth-order valence-electron chi connectivity index (χ4n) is 1.97.